The molecule has 5 heteroatoms. The Morgan fingerprint density at radius 2 is 1.15 bits per heavy atom. The molecule has 1 aliphatic heterocycles. The van der Waals surface area contributed by atoms with E-state index in [0.29, 0.717) is 12.2 Å². The van der Waals surface area contributed by atoms with E-state index in [-0.39, 0.29) is 5.41 Å². The summed E-state index contributed by atoms with van der Waals surface area (Å²) in [6.45, 7) is 12.7. The van der Waals surface area contributed by atoms with Crippen molar-refractivity contribution >= 4 is 12.8 Å². The third-order valence-electron chi connectivity index (χ3n) is 5.43. The van der Waals surface area contributed by atoms with Crippen LogP contribution in [0.3, 0.4) is 0 Å². The number of phenols is 1. The molecule has 1 heterocycles. The largest absolute Gasteiger partial charge is 0.508 e. The van der Waals surface area contributed by atoms with Crippen molar-refractivity contribution in [2.45, 2.75) is 123 Å². The second-order valence-corrected chi connectivity index (χ2v) is 9.80. The molecule has 0 bridgehead atoms. The minimum absolute atomic E-state index is 0.174. The zero-order valence-electron chi connectivity index (χ0n) is 22.4. The van der Waals surface area contributed by atoms with E-state index in [2.05, 4.69) is 32.4 Å². The molecule has 0 radical (unpaired) electrons. The lowest BCUT2D eigenvalue weighted by molar-refractivity contribution is -0.137. The van der Waals surface area contributed by atoms with E-state index in [1.165, 1.54) is 76.2 Å². The second-order valence-electron chi connectivity index (χ2n) is 9.80. The lowest BCUT2D eigenvalue weighted by atomic mass is 9.87. The molecule has 34 heavy (non-hydrogen) atoms. The van der Waals surface area contributed by atoms with Gasteiger partial charge in [-0.2, -0.15) is 0 Å². The average Bonchev–Trinajstić information content (AvgIpc) is 3.68. The molecular formula is C29H52O5. The summed E-state index contributed by atoms with van der Waals surface area (Å²) in [5.41, 5.74) is 1.42. The number of carboxylic acids is 1. The summed E-state index contributed by atoms with van der Waals surface area (Å²) in [4.78, 5) is 18.3. The first-order chi connectivity index (χ1) is 16.3. The summed E-state index contributed by atoms with van der Waals surface area (Å²) in [6, 6.07) is 7.35. The van der Waals surface area contributed by atoms with Crippen LogP contribution in [0.25, 0.3) is 0 Å². The third-order valence-corrected chi connectivity index (χ3v) is 5.43. The summed E-state index contributed by atoms with van der Waals surface area (Å²) in [6.07, 6.45) is 17.3. The van der Waals surface area contributed by atoms with Gasteiger partial charge in [0, 0.05) is 6.42 Å². The van der Waals surface area contributed by atoms with Crippen LogP contribution in [0.4, 0.5) is 0 Å². The summed E-state index contributed by atoms with van der Waals surface area (Å²) in [7, 11) is 0. The predicted molar refractivity (Wildman–Crippen MR) is 143 cm³/mol. The molecule has 1 aromatic carbocycles. The van der Waals surface area contributed by atoms with Gasteiger partial charge in [0.25, 0.3) is 0 Å². The van der Waals surface area contributed by atoms with Gasteiger partial charge in [-0.25, -0.2) is 0 Å². The Hall–Kier alpha value is -1.88. The van der Waals surface area contributed by atoms with Gasteiger partial charge in [-0.3, -0.25) is 4.79 Å². The summed E-state index contributed by atoms with van der Waals surface area (Å²) >= 11 is 0. The molecule has 0 spiro atoms. The highest BCUT2D eigenvalue weighted by Crippen LogP contribution is 2.23. The topological polar surface area (TPSA) is 87.1 Å². The van der Waals surface area contributed by atoms with E-state index in [1.807, 2.05) is 18.9 Å². The summed E-state index contributed by atoms with van der Waals surface area (Å²) in [5.74, 6) is -0.323. The molecule has 198 valence electrons. The lowest BCUT2D eigenvalue weighted by Gasteiger charge is -2.18. The fourth-order valence-corrected chi connectivity index (χ4v) is 3.26. The number of hydrogen-bond donors (Lipinski definition) is 2. The molecular weight excluding hydrogens is 428 g/mol. The highest BCUT2D eigenvalue weighted by molar-refractivity contribution is 5.66. The van der Waals surface area contributed by atoms with Gasteiger partial charge in [0.15, 0.2) is 0 Å². The molecule has 1 saturated heterocycles. The lowest BCUT2D eigenvalue weighted by Crippen LogP contribution is -2.10. The second kappa shape index (κ2) is 24.3. The molecule has 0 amide bonds. The van der Waals surface area contributed by atoms with E-state index in [9.17, 15) is 4.79 Å². The van der Waals surface area contributed by atoms with E-state index < -0.39 is 5.97 Å². The molecule has 0 atom stereocenters. The first kappa shape index (κ1) is 34.3. The average molecular weight is 481 g/mol. The molecule has 1 aromatic rings. The standard InChI is InChI=1S/C16H32O2.C10H14O.C2H4O.CH2O/c1-2-3-4-5-6-7-8-9-10-11-12-13-14-15-16(17)18;1-10(2,3)8-4-6-9(11)7-5-8;1-2-3-1;1-2/h2-15H2,1H3,(H,17,18);4-7,11H,1-3H3;1-2H2;1H2. The number of carbonyl (C=O) groups excluding carboxylic acids is 1. The van der Waals surface area contributed by atoms with Crippen molar-refractivity contribution in [3.05, 3.63) is 29.8 Å². The maximum Gasteiger partial charge on any atom is 0.303 e. The predicted octanol–water partition coefficient (Wildman–Crippen LogP) is 8.07. The quantitative estimate of drug-likeness (QED) is 0.208. The van der Waals surface area contributed by atoms with Gasteiger partial charge in [0.05, 0.1) is 13.2 Å². The monoisotopic (exact) mass is 480 g/mol. The van der Waals surface area contributed by atoms with Crippen molar-refractivity contribution in [2.24, 2.45) is 0 Å². The molecule has 0 unspecified atom stereocenters. The highest BCUT2D eigenvalue weighted by Gasteiger charge is 2.12. The van der Waals surface area contributed by atoms with Gasteiger partial charge >= 0.3 is 5.97 Å². The van der Waals surface area contributed by atoms with E-state index in [4.69, 9.17) is 15.0 Å². The number of ether oxygens (including phenoxy) is 1. The van der Waals surface area contributed by atoms with Crippen molar-refractivity contribution in [1.29, 1.82) is 0 Å². The SMILES string of the molecule is C1CO1.C=O.CC(C)(C)c1ccc(O)cc1.CCCCCCCCCCCCCCCC(=O)O. The Morgan fingerprint density at radius 3 is 1.44 bits per heavy atom. The van der Waals surface area contributed by atoms with Crippen molar-refractivity contribution in [3.63, 3.8) is 0 Å². The summed E-state index contributed by atoms with van der Waals surface area (Å²) < 4.78 is 4.50. The van der Waals surface area contributed by atoms with Crippen LogP contribution in [0.2, 0.25) is 0 Å². The first-order valence-electron chi connectivity index (χ1n) is 13.1. The maximum atomic E-state index is 10.3. The normalized spacial score (nSPS) is 11.6. The van der Waals surface area contributed by atoms with Crippen molar-refractivity contribution < 1.29 is 24.5 Å². The highest BCUT2D eigenvalue weighted by atomic mass is 16.6. The Labute approximate surface area is 209 Å². The van der Waals surface area contributed by atoms with Crippen LogP contribution in [-0.2, 0) is 19.7 Å². The molecule has 0 saturated carbocycles. The number of phenolic OH excluding ortho intramolecular Hbond substituents is 1. The van der Waals surface area contributed by atoms with Gasteiger partial charge in [-0.15, -0.1) is 0 Å². The zero-order chi connectivity index (χ0) is 26.1. The molecule has 2 rings (SSSR count). The number of carboxylic acid groups (broad SMARTS) is 1. The molecule has 0 aliphatic carbocycles. The smallest absolute Gasteiger partial charge is 0.303 e. The number of unbranched alkanes of at least 4 members (excludes halogenated alkanes) is 12. The molecule has 0 aromatic heterocycles. The maximum absolute atomic E-state index is 10.3. The molecule has 1 fully saturated rings. The van der Waals surface area contributed by atoms with Crippen LogP contribution in [0.15, 0.2) is 24.3 Å². The number of hydrogen-bond acceptors (Lipinski definition) is 4. The van der Waals surface area contributed by atoms with Gasteiger partial charge < -0.3 is 19.7 Å². The molecule has 1 aliphatic rings. The fraction of sp³-hybridized carbons (Fsp3) is 0.724. The number of epoxide rings is 1. The van der Waals surface area contributed by atoms with E-state index >= 15 is 0 Å². The molecule has 2 N–H and O–H groups in total. The summed E-state index contributed by atoms with van der Waals surface area (Å²) in [5, 5.41) is 17.5. The van der Waals surface area contributed by atoms with E-state index in [1.54, 1.807) is 12.1 Å². The van der Waals surface area contributed by atoms with Crippen molar-refractivity contribution in [2.75, 3.05) is 13.2 Å². The van der Waals surface area contributed by atoms with Crippen LogP contribution in [-0.4, -0.2) is 36.2 Å². The Morgan fingerprint density at radius 1 is 0.794 bits per heavy atom. The fourth-order valence-electron chi connectivity index (χ4n) is 3.26. The van der Waals surface area contributed by atoms with Gasteiger partial charge in [-0.1, -0.05) is 117 Å². The van der Waals surface area contributed by atoms with Gasteiger partial charge in [0.1, 0.15) is 12.5 Å². The Bertz CT molecular complexity index is 558. The van der Waals surface area contributed by atoms with Gasteiger partial charge in [-0.05, 0) is 29.5 Å². The number of aromatic hydroxyl groups is 1. The van der Waals surface area contributed by atoms with Gasteiger partial charge in [0.2, 0.25) is 0 Å². The Kier molecular flexibility index (Phi) is 24.5. The van der Waals surface area contributed by atoms with E-state index in [0.717, 1.165) is 26.1 Å². The third kappa shape index (κ3) is 28.2. The number of aliphatic carboxylic acids is 1. The van der Waals surface area contributed by atoms with Crippen LogP contribution >= 0.6 is 0 Å². The van der Waals surface area contributed by atoms with Crippen LogP contribution in [0.1, 0.15) is 123 Å². The Balaban J connectivity index is 0. The minimum Gasteiger partial charge on any atom is -0.508 e. The van der Waals surface area contributed by atoms with Crippen molar-refractivity contribution in [1.82, 2.24) is 0 Å². The first-order valence-corrected chi connectivity index (χ1v) is 13.1. The zero-order valence-corrected chi connectivity index (χ0v) is 22.4. The number of benzene rings is 1. The number of rotatable bonds is 14. The van der Waals surface area contributed by atoms with Crippen LogP contribution in [0, 0.1) is 0 Å². The van der Waals surface area contributed by atoms with Crippen LogP contribution < -0.4 is 0 Å². The van der Waals surface area contributed by atoms with Crippen molar-refractivity contribution in [3.8, 4) is 5.75 Å². The van der Waals surface area contributed by atoms with Crippen LogP contribution in [0.5, 0.6) is 5.75 Å². The molecule has 5 nitrogen and oxygen atoms in total. The number of carbonyl (C=O) groups is 2. The minimum atomic E-state index is -0.655.